The fourth-order valence-electron chi connectivity index (χ4n) is 1.96. The molecular weight excluding hydrogens is 210 g/mol. The van der Waals surface area contributed by atoms with Crippen LogP contribution in [0.3, 0.4) is 0 Å². The molecule has 0 spiro atoms. The number of anilines is 1. The van der Waals surface area contributed by atoms with Gasteiger partial charge in [-0.2, -0.15) is 0 Å². The highest BCUT2D eigenvalue weighted by atomic mass is 15.1. The molecule has 1 aliphatic carbocycles. The fraction of sp³-hybridized carbons (Fsp3) is 0.500. The van der Waals surface area contributed by atoms with E-state index in [0.717, 1.165) is 25.7 Å². The highest BCUT2D eigenvalue weighted by Crippen LogP contribution is 2.22. The summed E-state index contributed by atoms with van der Waals surface area (Å²) >= 11 is 0. The molecule has 0 aliphatic heterocycles. The van der Waals surface area contributed by atoms with Crippen LogP contribution < -0.4 is 10.2 Å². The van der Waals surface area contributed by atoms with Crippen LogP contribution in [0.1, 0.15) is 25.3 Å². The average molecular weight is 231 g/mol. The molecule has 0 saturated heterocycles. The van der Waals surface area contributed by atoms with Crippen LogP contribution in [0.2, 0.25) is 0 Å². The predicted octanol–water partition coefficient (Wildman–Crippen LogP) is 2.35. The van der Waals surface area contributed by atoms with Crippen molar-refractivity contribution in [2.45, 2.75) is 32.4 Å². The SMILES string of the molecule is C=CCN(CC)c1ccncc1CNC1CC1. The van der Waals surface area contributed by atoms with Gasteiger partial charge in [-0.3, -0.25) is 4.98 Å². The summed E-state index contributed by atoms with van der Waals surface area (Å²) < 4.78 is 0. The van der Waals surface area contributed by atoms with E-state index in [1.807, 2.05) is 18.5 Å². The van der Waals surface area contributed by atoms with Gasteiger partial charge < -0.3 is 10.2 Å². The number of hydrogen-bond donors (Lipinski definition) is 1. The van der Waals surface area contributed by atoms with Crippen molar-refractivity contribution < 1.29 is 0 Å². The number of likely N-dealkylation sites (N-methyl/N-ethyl adjacent to an activating group) is 1. The van der Waals surface area contributed by atoms with E-state index in [4.69, 9.17) is 0 Å². The third-order valence-electron chi connectivity index (χ3n) is 3.11. The van der Waals surface area contributed by atoms with Crippen LogP contribution in [0.4, 0.5) is 5.69 Å². The third kappa shape index (κ3) is 3.30. The highest BCUT2D eigenvalue weighted by molar-refractivity contribution is 5.52. The Morgan fingerprint density at radius 1 is 1.59 bits per heavy atom. The first-order valence-corrected chi connectivity index (χ1v) is 6.37. The van der Waals surface area contributed by atoms with Crippen LogP contribution in [-0.4, -0.2) is 24.1 Å². The van der Waals surface area contributed by atoms with E-state index < -0.39 is 0 Å². The molecule has 0 radical (unpaired) electrons. The molecule has 1 saturated carbocycles. The van der Waals surface area contributed by atoms with Gasteiger partial charge >= 0.3 is 0 Å². The van der Waals surface area contributed by atoms with E-state index in [9.17, 15) is 0 Å². The third-order valence-corrected chi connectivity index (χ3v) is 3.11. The van der Waals surface area contributed by atoms with Crippen LogP contribution in [0, 0.1) is 0 Å². The number of rotatable bonds is 7. The lowest BCUT2D eigenvalue weighted by Gasteiger charge is -2.24. The van der Waals surface area contributed by atoms with Crippen molar-refractivity contribution in [3.63, 3.8) is 0 Å². The molecule has 0 amide bonds. The Morgan fingerprint density at radius 3 is 3.06 bits per heavy atom. The molecule has 0 aromatic carbocycles. The summed E-state index contributed by atoms with van der Waals surface area (Å²) in [6.45, 7) is 8.78. The van der Waals surface area contributed by atoms with E-state index in [2.05, 4.69) is 34.8 Å². The zero-order chi connectivity index (χ0) is 12.1. The summed E-state index contributed by atoms with van der Waals surface area (Å²) in [5.74, 6) is 0. The van der Waals surface area contributed by atoms with E-state index in [1.54, 1.807) is 0 Å². The van der Waals surface area contributed by atoms with Gasteiger partial charge in [0.25, 0.3) is 0 Å². The Hall–Kier alpha value is -1.35. The molecule has 3 nitrogen and oxygen atoms in total. The van der Waals surface area contributed by atoms with Crippen molar-refractivity contribution in [1.82, 2.24) is 10.3 Å². The lowest BCUT2D eigenvalue weighted by atomic mass is 10.2. The average Bonchev–Trinajstić information content (AvgIpc) is 3.18. The van der Waals surface area contributed by atoms with Gasteiger partial charge in [-0.1, -0.05) is 6.08 Å². The lowest BCUT2D eigenvalue weighted by molar-refractivity contribution is 0.683. The van der Waals surface area contributed by atoms with Crippen molar-refractivity contribution in [3.8, 4) is 0 Å². The Labute approximate surface area is 104 Å². The first kappa shape index (κ1) is 12.1. The molecule has 92 valence electrons. The van der Waals surface area contributed by atoms with Crippen molar-refractivity contribution in [1.29, 1.82) is 0 Å². The predicted molar refractivity (Wildman–Crippen MR) is 72.2 cm³/mol. The normalized spacial score (nSPS) is 14.6. The first-order chi connectivity index (χ1) is 8.35. The summed E-state index contributed by atoms with van der Waals surface area (Å²) in [5, 5.41) is 3.54. The lowest BCUT2D eigenvalue weighted by Crippen LogP contribution is -2.25. The van der Waals surface area contributed by atoms with Crippen LogP contribution in [-0.2, 0) is 6.54 Å². The monoisotopic (exact) mass is 231 g/mol. The topological polar surface area (TPSA) is 28.2 Å². The van der Waals surface area contributed by atoms with Crippen LogP contribution in [0.15, 0.2) is 31.1 Å². The van der Waals surface area contributed by atoms with E-state index >= 15 is 0 Å². The fourth-order valence-corrected chi connectivity index (χ4v) is 1.96. The van der Waals surface area contributed by atoms with Gasteiger partial charge in [0.15, 0.2) is 0 Å². The molecule has 0 atom stereocenters. The number of pyridine rings is 1. The summed E-state index contributed by atoms with van der Waals surface area (Å²) in [6, 6.07) is 2.83. The molecule has 1 aromatic rings. The van der Waals surface area contributed by atoms with Crippen molar-refractivity contribution in [2.24, 2.45) is 0 Å². The largest absolute Gasteiger partial charge is 0.368 e. The number of aromatic nitrogens is 1. The van der Waals surface area contributed by atoms with Crippen molar-refractivity contribution in [3.05, 3.63) is 36.7 Å². The molecule has 17 heavy (non-hydrogen) atoms. The van der Waals surface area contributed by atoms with Crippen molar-refractivity contribution in [2.75, 3.05) is 18.0 Å². The van der Waals surface area contributed by atoms with Crippen LogP contribution >= 0.6 is 0 Å². The molecule has 0 bridgehead atoms. The van der Waals surface area contributed by atoms with E-state index in [1.165, 1.54) is 24.1 Å². The van der Waals surface area contributed by atoms with E-state index in [-0.39, 0.29) is 0 Å². The second-order valence-electron chi connectivity index (χ2n) is 4.49. The molecule has 1 N–H and O–H groups in total. The Morgan fingerprint density at radius 2 is 2.41 bits per heavy atom. The molecule has 2 rings (SSSR count). The quantitative estimate of drug-likeness (QED) is 0.730. The molecule has 1 aromatic heterocycles. The van der Waals surface area contributed by atoms with Gasteiger partial charge in [-0.25, -0.2) is 0 Å². The number of nitrogens with one attached hydrogen (secondary N) is 1. The van der Waals surface area contributed by atoms with Gasteiger partial charge in [0.1, 0.15) is 0 Å². The van der Waals surface area contributed by atoms with Gasteiger partial charge in [-0.15, -0.1) is 6.58 Å². The smallest absolute Gasteiger partial charge is 0.0445 e. The molecule has 1 aliphatic rings. The molecule has 1 fully saturated rings. The minimum Gasteiger partial charge on any atom is -0.368 e. The maximum absolute atomic E-state index is 4.23. The van der Waals surface area contributed by atoms with Crippen molar-refractivity contribution >= 4 is 5.69 Å². The zero-order valence-electron chi connectivity index (χ0n) is 10.5. The van der Waals surface area contributed by atoms with Gasteiger partial charge in [0.05, 0.1) is 0 Å². The minimum absolute atomic E-state index is 0.734. The summed E-state index contributed by atoms with van der Waals surface area (Å²) in [5.41, 5.74) is 2.55. The summed E-state index contributed by atoms with van der Waals surface area (Å²) in [6.07, 6.45) is 8.42. The van der Waals surface area contributed by atoms with Crippen LogP contribution in [0.5, 0.6) is 0 Å². The molecular formula is C14H21N3. The molecule has 1 heterocycles. The number of hydrogen-bond acceptors (Lipinski definition) is 3. The highest BCUT2D eigenvalue weighted by Gasteiger charge is 2.20. The second kappa shape index (κ2) is 5.82. The second-order valence-corrected chi connectivity index (χ2v) is 4.49. The van der Waals surface area contributed by atoms with Gasteiger partial charge in [0.2, 0.25) is 0 Å². The minimum atomic E-state index is 0.734. The standard InChI is InChI=1S/C14H21N3/c1-3-9-17(4-2)14-7-8-15-10-12(14)11-16-13-5-6-13/h3,7-8,10,13,16H,1,4-6,9,11H2,2H3. The van der Waals surface area contributed by atoms with Crippen LogP contribution in [0.25, 0.3) is 0 Å². The Bertz CT molecular complexity index is 371. The first-order valence-electron chi connectivity index (χ1n) is 6.37. The summed E-state index contributed by atoms with van der Waals surface area (Å²) in [7, 11) is 0. The van der Waals surface area contributed by atoms with E-state index in [0.29, 0.717) is 0 Å². The maximum Gasteiger partial charge on any atom is 0.0445 e. The Balaban J connectivity index is 2.09. The summed E-state index contributed by atoms with van der Waals surface area (Å²) in [4.78, 5) is 6.55. The zero-order valence-corrected chi connectivity index (χ0v) is 10.5. The van der Waals surface area contributed by atoms with Gasteiger partial charge in [0, 0.05) is 49.3 Å². The molecule has 3 heteroatoms. The molecule has 0 unspecified atom stereocenters. The van der Waals surface area contributed by atoms with Gasteiger partial charge in [-0.05, 0) is 25.8 Å². The number of nitrogens with zero attached hydrogens (tertiary/aromatic N) is 2. The maximum atomic E-state index is 4.23. The Kier molecular flexibility index (Phi) is 4.15.